The highest BCUT2D eigenvalue weighted by atomic mass is 79.9. The molecular formula is C8H12BrNO. The normalized spacial score (nSPS) is 13.5. The largest absolute Gasteiger partial charge is 0.464 e. The molecule has 1 aromatic rings. The zero-order valence-electron chi connectivity index (χ0n) is 6.73. The number of hydrogen-bond donors (Lipinski definition) is 1. The van der Waals surface area contributed by atoms with Gasteiger partial charge in [-0.3, -0.25) is 0 Å². The Hall–Kier alpha value is -0.280. The van der Waals surface area contributed by atoms with E-state index in [0.717, 1.165) is 22.4 Å². The molecular weight excluding hydrogens is 206 g/mol. The van der Waals surface area contributed by atoms with Crippen molar-refractivity contribution in [1.29, 1.82) is 0 Å². The van der Waals surface area contributed by atoms with Gasteiger partial charge in [-0.2, -0.15) is 0 Å². The first-order valence-corrected chi connectivity index (χ1v) is 4.45. The SMILES string of the molecule is CC[C@@H](N)c1cc(Br)c(C)o1. The van der Waals surface area contributed by atoms with E-state index in [9.17, 15) is 0 Å². The fraction of sp³-hybridized carbons (Fsp3) is 0.500. The molecule has 3 heteroatoms. The van der Waals surface area contributed by atoms with Crippen molar-refractivity contribution in [3.05, 3.63) is 22.1 Å². The highest BCUT2D eigenvalue weighted by molar-refractivity contribution is 9.10. The van der Waals surface area contributed by atoms with Crippen LogP contribution in [0.1, 0.15) is 30.9 Å². The third-order valence-electron chi connectivity index (χ3n) is 1.68. The van der Waals surface area contributed by atoms with Crippen LogP contribution in [0.3, 0.4) is 0 Å². The highest BCUT2D eigenvalue weighted by Gasteiger charge is 2.10. The summed E-state index contributed by atoms with van der Waals surface area (Å²) in [5, 5.41) is 0. The summed E-state index contributed by atoms with van der Waals surface area (Å²) in [7, 11) is 0. The summed E-state index contributed by atoms with van der Waals surface area (Å²) in [4.78, 5) is 0. The first-order valence-electron chi connectivity index (χ1n) is 3.66. The lowest BCUT2D eigenvalue weighted by atomic mass is 10.2. The fourth-order valence-corrected chi connectivity index (χ4v) is 1.17. The minimum absolute atomic E-state index is 0.0278. The van der Waals surface area contributed by atoms with Crippen LogP contribution in [-0.4, -0.2) is 0 Å². The second kappa shape index (κ2) is 3.41. The second-order valence-corrected chi connectivity index (χ2v) is 3.42. The quantitative estimate of drug-likeness (QED) is 0.828. The van der Waals surface area contributed by atoms with Crippen molar-refractivity contribution in [2.45, 2.75) is 26.3 Å². The Bertz CT molecular complexity index is 225. The van der Waals surface area contributed by atoms with Crippen LogP contribution in [0.25, 0.3) is 0 Å². The molecule has 62 valence electrons. The molecule has 0 radical (unpaired) electrons. The minimum Gasteiger partial charge on any atom is -0.464 e. The molecule has 0 saturated carbocycles. The molecule has 0 aromatic carbocycles. The molecule has 11 heavy (non-hydrogen) atoms. The van der Waals surface area contributed by atoms with Crippen molar-refractivity contribution in [3.63, 3.8) is 0 Å². The molecule has 0 unspecified atom stereocenters. The lowest BCUT2D eigenvalue weighted by molar-refractivity contribution is 0.440. The van der Waals surface area contributed by atoms with Gasteiger partial charge in [0.25, 0.3) is 0 Å². The van der Waals surface area contributed by atoms with Crippen LogP contribution >= 0.6 is 15.9 Å². The van der Waals surface area contributed by atoms with Crippen LogP contribution in [0.2, 0.25) is 0 Å². The Morgan fingerprint density at radius 3 is 2.73 bits per heavy atom. The molecule has 0 bridgehead atoms. The lowest BCUT2D eigenvalue weighted by Crippen LogP contribution is -2.06. The number of rotatable bonds is 2. The summed E-state index contributed by atoms with van der Waals surface area (Å²) in [6.45, 7) is 3.95. The van der Waals surface area contributed by atoms with Crippen LogP contribution in [0, 0.1) is 6.92 Å². The van der Waals surface area contributed by atoms with Gasteiger partial charge in [0.15, 0.2) is 0 Å². The standard InChI is InChI=1S/C8H12BrNO/c1-3-7(10)8-4-6(9)5(2)11-8/h4,7H,3,10H2,1-2H3/t7-/m1/s1. The minimum atomic E-state index is 0.0278. The van der Waals surface area contributed by atoms with Crippen molar-refractivity contribution in [2.75, 3.05) is 0 Å². The zero-order valence-corrected chi connectivity index (χ0v) is 8.31. The van der Waals surface area contributed by atoms with Gasteiger partial charge in [-0.15, -0.1) is 0 Å². The predicted molar refractivity (Wildman–Crippen MR) is 48.4 cm³/mol. The van der Waals surface area contributed by atoms with Crippen LogP contribution in [0.5, 0.6) is 0 Å². The van der Waals surface area contributed by atoms with Gasteiger partial charge in [0.1, 0.15) is 11.5 Å². The number of furan rings is 1. The third-order valence-corrected chi connectivity index (χ3v) is 2.47. The van der Waals surface area contributed by atoms with Crippen molar-refractivity contribution in [2.24, 2.45) is 5.73 Å². The van der Waals surface area contributed by atoms with E-state index in [1.54, 1.807) is 0 Å². The van der Waals surface area contributed by atoms with E-state index in [-0.39, 0.29) is 6.04 Å². The van der Waals surface area contributed by atoms with Gasteiger partial charge < -0.3 is 10.2 Å². The Kier molecular flexibility index (Phi) is 2.73. The average Bonchev–Trinajstić information content (AvgIpc) is 2.31. The molecule has 0 spiro atoms. The fourth-order valence-electron chi connectivity index (χ4n) is 0.865. The summed E-state index contributed by atoms with van der Waals surface area (Å²) < 4.78 is 6.39. The van der Waals surface area contributed by atoms with Gasteiger partial charge in [-0.05, 0) is 35.3 Å². The van der Waals surface area contributed by atoms with Crippen molar-refractivity contribution >= 4 is 15.9 Å². The summed E-state index contributed by atoms with van der Waals surface area (Å²) in [5.74, 6) is 1.75. The van der Waals surface area contributed by atoms with Gasteiger partial charge in [-0.25, -0.2) is 0 Å². The van der Waals surface area contributed by atoms with Crippen LogP contribution in [-0.2, 0) is 0 Å². The molecule has 1 heterocycles. The predicted octanol–water partition coefficient (Wildman–Crippen LogP) is 2.76. The Morgan fingerprint density at radius 1 is 1.73 bits per heavy atom. The van der Waals surface area contributed by atoms with E-state index in [0.29, 0.717) is 0 Å². The second-order valence-electron chi connectivity index (χ2n) is 2.57. The molecule has 0 aliphatic carbocycles. The maximum Gasteiger partial charge on any atom is 0.122 e. The average molecular weight is 218 g/mol. The van der Waals surface area contributed by atoms with E-state index in [2.05, 4.69) is 15.9 Å². The van der Waals surface area contributed by atoms with Crippen molar-refractivity contribution in [3.8, 4) is 0 Å². The summed E-state index contributed by atoms with van der Waals surface area (Å²) >= 11 is 3.36. The molecule has 1 atom stereocenters. The Labute approximate surface area is 74.9 Å². The topological polar surface area (TPSA) is 39.2 Å². The number of aryl methyl sites for hydroxylation is 1. The highest BCUT2D eigenvalue weighted by Crippen LogP contribution is 2.24. The summed E-state index contributed by atoms with van der Waals surface area (Å²) in [5.41, 5.74) is 5.76. The van der Waals surface area contributed by atoms with Crippen molar-refractivity contribution in [1.82, 2.24) is 0 Å². The Balaban J connectivity index is 2.88. The third kappa shape index (κ3) is 1.84. The van der Waals surface area contributed by atoms with E-state index in [1.165, 1.54) is 0 Å². The maximum absolute atomic E-state index is 5.76. The molecule has 2 N–H and O–H groups in total. The molecule has 1 aromatic heterocycles. The Morgan fingerprint density at radius 2 is 2.36 bits per heavy atom. The number of hydrogen-bond acceptors (Lipinski definition) is 2. The van der Waals surface area contributed by atoms with Gasteiger partial charge in [0.05, 0.1) is 10.5 Å². The van der Waals surface area contributed by atoms with Gasteiger partial charge in [-0.1, -0.05) is 6.92 Å². The van der Waals surface area contributed by atoms with Crippen LogP contribution in [0.4, 0.5) is 0 Å². The molecule has 0 saturated heterocycles. The molecule has 0 fully saturated rings. The van der Waals surface area contributed by atoms with E-state index in [4.69, 9.17) is 10.2 Å². The molecule has 0 aliphatic rings. The smallest absolute Gasteiger partial charge is 0.122 e. The van der Waals surface area contributed by atoms with E-state index in [1.807, 2.05) is 19.9 Å². The van der Waals surface area contributed by atoms with Crippen LogP contribution in [0.15, 0.2) is 15.0 Å². The first-order chi connectivity index (χ1) is 5.15. The van der Waals surface area contributed by atoms with Gasteiger partial charge in [0.2, 0.25) is 0 Å². The maximum atomic E-state index is 5.76. The summed E-state index contributed by atoms with van der Waals surface area (Å²) in [6.07, 6.45) is 0.902. The molecule has 0 amide bonds. The molecule has 2 nitrogen and oxygen atoms in total. The monoisotopic (exact) mass is 217 g/mol. The molecule has 1 rings (SSSR count). The van der Waals surface area contributed by atoms with Crippen LogP contribution < -0.4 is 5.73 Å². The zero-order chi connectivity index (χ0) is 8.43. The molecule has 0 aliphatic heterocycles. The van der Waals surface area contributed by atoms with Gasteiger partial charge >= 0.3 is 0 Å². The van der Waals surface area contributed by atoms with E-state index < -0.39 is 0 Å². The number of nitrogens with two attached hydrogens (primary N) is 1. The summed E-state index contributed by atoms with van der Waals surface area (Å²) in [6, 6.07) is 1.96. The first kappa shape index (κ1) is 8.81. The lowest BCUT2D eigenvalue weighted by Gasteiger charge is -2.02. The number of halogens is 1. The van der Waals surface area contributed by atoms with Crippen molar-refractivity contribution < 1.29 is 4.42 Å². The van der Waals surface area contributed by atoms with Gasteiger partial charge in [0, 0.05) is 0 Å². The van der Waals surface area contributed by atoms with E-state index >= 15 is 0 Å².